The van der Waals surface area contributed by atoms with Crippen molar-refractivity contribution in [2.24, 2.45) is 5.92 Å². The zero-order chi connectivity index (χ0) is 26.7. The van der Waals surface area contributed by atoms with Gasteiger partial charge in [0.15, 0.2) is 11.6 Å². The van der Waals surface area contributed by atoms with Crippen molar-refractivity contribution in [3.8, 4) is 11.5 Å². The molecule has 6 nitrogen and oxygen atoms in total. The average Bonchev–Trinajstić information content (AvgIpc) is 3.15. The Hall–Kier alpha value is -4.20. The summed E-state index contributed by atoms with van der Waals surface area (Å²) in [6.45, 7) is 6.65. The summed E-state index contributed by atoms with van der Waals surface area (Å²) in [6.07, 6.45) is 0. The van der Waals surface area contributed by atoms with Crippen LogP contribution in [0.5, 0.6) is 11.5 Å². The van der Waals surface area contributed by atoms with E-state index in [4.69, 9.17) is 9.47 Å². The molecule has 0 radical (unpaired) electrons. The number of benzene rings is 3. The smallest absolute Gasteiger partial charge is 0.300 e. The second kappa shape index (κ2) is 10.8. The van der Waals surface area contributed by atoms with Crippen molar-refractivity contribution >= 4 is 23.1 Å². The fraction of sp³-hybridized carbons (Fsp3) is 0.241. The van der Waals surface area contributed by atoms with Gasteiger partial charge in [-0.05, 0) is 54.8 Å². The monoisotopic (exact) mass is 507 g/mol. The maximum Gasteiger partial charge on any atom is 0.300 e. The molecule has 1 saturated heterocycles. The number of aliphatic hydroxyl groups excluding tert-OH is 1. The lowest BCUT2D eigenvalue weighted by atomic mass is 9.95. The van der Waals surface area contributed by atoms with Crippen LogP contribution >= 0.6 is 0 Å². The van der Waals surface area contributed by atoms with Gasteiger partial charge in [0.2, 0.25) is 0 Å². The molecule has 1 unspecified atom stereocenters. The van der Waals surface area contributed by atoms with E-state index in [1.54, 1.807) is 48.5 Å². The fourth-order valence-corrected chi connectivity index (χ4v) is 4.14. The van der Waals surface area contributed by atoms with Crippen LogP contribution in [0.1, 0.15) is 37.9 Å². The summed E-state index contributed by atoms with van der Waals surface area (Å²) in [5.74, 6) is -3.36. The molecule has 0 saturated carbocycles. The number of rotatable bonds is 8. The molecule has 0 bridgehead atoms. The average molecular weight is 508 g/mol. The van der Waals surface area contributed by atoms with E-state index in [1.165, 1.54) is 6.07 Å². The SMILES string of the molecule is CCOc1cccc(C2/C(=C(\O)c3cccc(OCC(C)C)c3)C(=O)C(=O)N2c2ccc(F)c(F)c2)c1. The Morgan fingerprint density at radius 2 is 1.65 bits per heavy atom. The largest absolute Gasteiger partial charge is 0.507 e. The van der Waals surface area contributed by atoms with Gasteiger partial charge >= 0.3 is 0 Å². The molecule has 1 aliphatic rings. The van der Waals surface area contributed by atoms with Gasteiger partial charge in [-0.1, -0.05) is 38.1 Å². The van der Waals surface area contributed by atoms with Gasteiger partial charge in [-0.2, -0.15) is 0 Å². The Morgan fingerprint density at radius 1 is 0.946 bits per heavy atom. The van der Waals surface area contributed by atoms with Crippen LogP contribution in [0.25, 0.3) is 5.76 Å². The maximum absolute atomic E-state index is 14.2. The van der Waals surface area contributed by atoms with E-state index >= 15 is 0 Å². The first-order valence-electron chi connectivity index (χ1n) is 11.9. The summed E-state index contributed by atoms with van der Waals surface area (Å²) in [5, 5.41) is 11.3. The van der Waals surface area contributed by atoms with Gasteiger partial charge in [-0.15, -0.1) is 0 Å². The number of carbonyl (C=O) groups is 2. The zero-order valence-corrected chi connectivity index (χ0v) is 20.7. The van der Waals surface area contributed by atoms with Crippen LogP contribution < -0.4 is 14.4 Å². The summed E-state index contributed by atoms with van der Waals surface area (Å²) >= 11 is 0. The molecule has 1 heterocycles. The van der Waals surface area contributed by atoms with Crippen LogP contribution in [0.3, 0.4) is 0 Å². The van der Waals surface area contributed by atoms with Crippen molar-refractivity contribution in [2.75, 3.05) is 18.1 Å². The molecule has 0 aliphatic carbocycles. The zero-order valence-electron chi connectivity index (χ0n) is 20.7. The summed E-state index contributed by atoms with van der Waals surface area (Å²) in [4.78, 5) is 27.6. The molecule has 192 valence electrons. The Labute approximate surface area is 213 Å². The number of ketones is 1. The van der Waals surface area contributed by atoms with Crippen LogP contribution in [0.2, 0.25) is 0 Å². The number of aliphatic hydroxyl groups is 1. The first-order chi connectivity index (χ1) is 17.7. The van der Waals surface area contributed by atoms with Crippen LogP contribution in [0.15, 0.2) is 72.3 Å². The third-order valence-corrected chi connectivity index (χ3v) is 5.80. The van der Waals surface area contributed by atoms with E-state index in [0.717, 1.165) is 17.0 Å². The topological polar surface area (TPSA) is 76.1 Å². The summed E-state index contributed by atoms with van der Waals surface area (Å²) in [5.41, 5.74) is 0.504. The molecule has 0 spiro atoms. The normalized spacial score (nSPS) is 16.9. The van der Waals surface area contributed by atoms with Crippen molar-refractivity contribution in [3.63, 3.8) is 0 Å². The summed E-state index contributed by atoms with van der Waals surface area (Å²) in [7, 11) is 0. The van der Waals surface area contributed by atoms with Gasteiger partial charge in [0, 0.05) is 17.3 Å². The Morgan fingerprint density at radius 3 is 2.32 bits per heavy atom. The van der Waals surface area contributed by atoms with E-state index in [0.29, 0.717) is 30.3 Å². The van der Waals surface area contributed by atoms with E-state index < -0.39 is 35.1 Å². The maximum atomic E-state index is 14.2. The molecule has 4 rings (SSSR count). The van der Waals surface area contributed by atoms with Gasteiger partial charge in [-0.3, -0.25) is 14.5 Å². The first-order valence-corrected chi connectivity index (χ1v) is 11.9. The second-order valence-corrected chi connectivity index (χ2v) is 9.01. The molecule has 37 heavy (non-hydrogen) atoms. The molecule has 1 aliphatic heterocycles. The van der Waals surface area contributed by atoms with Crippen LogP contribution in [0.4, 0.5) is 14.5 Å². The molecular weight excluding hydrogens is 480 g/mol. The lowest BCUT2D eigenvalue weighted by molar-refractivity contribution is -0.132. The standard InChI is InChI=1S/C29H27F2NO5/c1-4-36-21-9-5-7-18(13-21)26-25(27(33)19-8-6-10-22(14-19)37-16-17(2)3)28(34)29(35)32(26)20-11-12-23(30)24(31)15-20/h5-15,17,26,33H,4,16H2,1-3H3/b27-25+. The van der Waals surface area contributed by atoms with Gasteiger partial charge in [-0.25, -0.2) is 8.78 Å². The van der Waals surface area contributed by atoms with Crippen molar-refractivity contribution in [1.29, 1.82) is 0 Å². The second-order valence-electron chi connectivity index (χ2n) is 9.01. The lowest BCUT2D eigenvalue weighted by Crippen LogP contribution is -2.29. The number of hydrogen-bond donors (Lipinski definition) is 1. The number of nitrogens with zero attached hydrogens (tertiary/aromatic N) is 1. The summed E-state index contributed by atoms with van der Waals surface area (Å²) in [6, 6.07) is 15.1. The quantitative estimate of drug-likeness (QED) is 0.229. The highest BCUT2D eigenvalue weighted by atomic mass is 19.2. The molecule has 0 aromatic heterocycles. The Bertz CT molecular complexity index is 1370. The van der Waals surface area contributed by atoms with Gasteiger partial charge in [0.1, 0.15) is 17.3 Å². The third kappa shape index (κ3) is 5.33. The Kier molecular flexibility index (Phi) is 7.57. The molecule has 3 aromatic carbocycles. The molecule has 1 atom stereocenters. The number of amides is 1. The number of ether oxygens (including phenoxy) is 2. The van der Waals surface area contributed by atoms with Crippen molar-refractivity contribution < 1.29 is 33.0 Å². The minimum Gasteiger partial charge on any atom is -0.507 e. The highest BCUT2D eigenvalue weighted by molar-refractivity contribution is 6.51. The highest BCUT2D eigenvalue weighted by Gasteiger charge is 2.47. The third-order valence-electron chi connectivity index (χ3n) is 5.80. The van der Waals surface area contributed by atoms with Gasteiger partial charge in [0.25, 0.3) is 11.7 Å². The first kappa shape index (κ1) is 25.9. The van der Waals surface area contributed by atoms with E-state index in [9.17, 15) is 23.5 Å². The minimum absolute atomic E-state index is 0.0270. The highest BCUT2D eigenvalue weighted by Crippen LogP contribution is 2.43. The van der Waals surface area contributed by atoms with E-state index in [1.807, 2.05) is 20.8 Å². The number of anilines is 1. The van der Waals surface area contributed by atoms with Crippen molar-refractivity contribution in [3.05, 3.63) is 95.1 Å². The number of halogens is 2. The Balaban J connectivity index is 1.89. The lowest BCUT2D eigenvalue weighted by Gasteiger charge is -2.26. The fourth-order valence-electron chi connectivity index (χ4n) is 4.14. The molecule has 1 amide bonds. The van der Waals surface area contributed by atoms with Crippen LogP contribution in [0, 0.1) is 17.6 Å². The van der Waals surface area contributed by atoms with Gasteiger partial charge in [0.05, 0.1) is 24.8 Å². The minimum atomic E-state index is -1.17. The number of Topliss-reactive ketones (excluding diaryl/α,β-unsaturated/α-hetero) is 1. The molecular formula is C29H27F2NO5. The predicted octanol–water partition coefficient (Wildman–Crippen LogP) is 6.02. The predicted molar refractivity (Wildman–Crippen MR) is 136 cm³/mol. The van der Waals surface area contributed by atoms with E-state index in [2.05, 4.69) is 0 Å². The molecule has 1 N–H and O–H groups in total. The molecule has 3 aromatic rings. The van der Waals surface area contributed by atoms with Crippen LogP contribution in [-0.2, 0) is 9.59 Å². The molecule has 8 heteroatoms. The number of hydrogen-bond acceptors (Lipinski definition) is 5. The van der Waals surface area contributed by atoms with Crippen molar-refractivity contribution in [2.45, 2.75) is 26.8 Å². The van der Waals surface area contributed by atoms with Crippen molar-refractivity contribution in [1.82, 2.24) is 0 Å². The summed E-state index contributed by atoms with van der Waals surface area (Å²) < 4.78 is 39.2. The van der Waals surface area contributed by atoms with Gasteiger partial charge < -0.3 is 14.6 Å². The van der Waals surface area contributed by atoms with Crippen LogP contribution in [-0.4, -0.2) is 30.0 Å². The number of carbonyl (C=O) groups excluding carboxylic acids is 2. The van der Waals surface area contributed by atoms with E-state index in [-0.39, 0.29) is 22.7 Å². The molecule has 1 fully saturated rings.